The Hall–Kier alpha value is -1.72. The Labute approximate surface area is 151 Å². The van der Waals surface area contributed by atoms with Crippen molar-refractivity contribution in [3.63, 3.8) is 0 Å². The molecule has 0 amide bonds. The molecule has 0 saturated carbocycles. The molecule has 0 saturated heterocycles. The topological polar surface area (TPSA) is 56.3 Å². The van der Waals surface area contributed by atoms with Gasteiger partial charge in [0, 0.05) is 16.9 Å². The van der Waals surface area contributed by atoms with Gasteiger partial charge >= 0.3 is 12.4 Å². The van der Waals surface area contributed by atoms with E-state index in [0.717, 1.165) is 6.07 Å². The van der Waals surface area contributed by atoms with Crippen molar-refractivity contribution in [2.45, 2.75) is 17.2 Å². The summed E-state index contributed by atoms with van der Waals surface area (Å²) >= 11 is 5.57. The van der Waals surface area contributed by atoms with Gasteiger partial charge in [-0.3, -0.25) is 0 Å². The van der Waals surface area contributed by atoms with Gasteiger partial charge in [-0.25, -0.2) is 13.4 Å². The number of hydrogen-bond acceptors (Lipinski definition) is 4. The lowest BCUT2D eigenvalue weighted by Gasteiger charge is -2.15. The quantitative estimate of drug-likeness (QED) is 0.468. The molecule has 0 atom stereocenters. The second-order valence-electron chi connectivity index (χ2n) is 4.70. The van der Waals surface area contributed by atoms with Crippen molar-refractivity contribution in [3.05, 3.63) is 46.6 Å². The maximum atomic E-state index is 13.1. The second kappa shape index (κ2) is 6.78. The highest BCUT2D eigenvalue weighted by atomic mass is 35.7. The van der Waals surface area contributed by atoms with Gasteiger partial charge in [0.1, 0.15) is 10.8 Å². The minimum Gasteiger partial charge on any atom is -0.437 e. The van der Waals surface area contributed by atoms with Gasteiger partial charge in [-0.2, -0.15) is 26.3 Å². The smallest absolute Gasteiger partial charge is 0.420 e. The Kier molecular flexibility index (Phi) is 5.37. The van der Waals surface area contributed by atoms with Crippen molar-refractivity contribution >= 4 is 31.3 Å². The molecule has 1 heterocycles. The normalized spacial score (nSPS) is 12.9. The van der Waals surface area contributed by atoms with Gasteiger partial charge in [0.2, 0.25) is 5.88 Å². The van der Waals surface area contributed by atoms with E-state index in [1.54, 1.807) is 0 Å². The molecule has 0 aliphatic heterocycles. The molecule has 0 N–H and O–H groups in total. The van der Waals surface area contributed by atoms with E-state index in [9.17, 15) is 34.8 Å². The summed E-state index contributed by atoms with van der Waals surface area (Å²) in [5.41, 5.74) is -2.76. The monoisotopic (exact) mass is 439 g/mol. The van der Waals surface area contributed by atoms with Gasteiger partial charge in [0.05, 0.1) is 16.0 Å². The fourth-order valence-corrected chi connectivity index (χ4v) is 2.71. The fourth-order valence-electron chi connectivity index (χ4n) is 1.73. The summed E-state index contributed by atoms with van der Waals surface area (Å²) in [5, 5.41) is -0.693. The van der Waals surface area contributed by atoms with Crippen LogP contribution in [-0.4, -0.2) is 13.4 Å². The third-order valence-electron chi connectivity index (χ3n) is 2.88. The molecule has 2 rings (SSSR count). The number of hydrogen-bond donors (Lipinski definition) is 0. The first-order chi connectivity index (χ1) is 11.7. The lowest BCUT2D eigenvalue weighted by Crippen LogP contribution is -2.09. The summed E-state index contributed by atoms with van der Waals surface area (Å²) in [6.07, 6.45) is -9.49. The molecule has 0 fully saturated rings. The Morgan fingerprint density at radius 1 is 1.00 bits per heavy atom. The van der Waals surface area contributed by atoms with Crippen LogP contribution >= 0.6 is 22.3 Å². The van der Waals surface area contributed by atoms with Crippen LogP contribution in [0.4, 0.5) is 26.3 Å². The van der Waals surface area contributed by atoms with E-state index in [1.807, 2.05) is 0 Å². The van der Waals surface area contributed by atoms with Gasteiger partial charge < -0.3 is 4.74 Å². The standard InChI is InChI=1S/C13H5Cl2F6NO3S/c14-9-3-6(12(16,17)18)5-22-11(9)25-10-2-1-7(26(15,23)24)4-8(10)13(19,20)21/h1-5H. The van der Waals surface area contributed by atoms with Crippen molar-refractivity contribution in [1.82, 2.24) is 4.98 Å². The predicted molar refractivity (Wildman–Crippen MR) is 78.8 cm³/mol. The summed E-state index contributed by atoms with van der Waals surface area (Å²) in [6.45, 7) is 0. The number of aromatic nitrogens is 1. The Balaban J connectivity index is 2.50. The number of alkyl halides is 6. The zero-order chi connectivity index (χ0) is 19.9. The van der Waals surface area contributed by atoms with Gasteiger partial charge in [0.25, 0.3) is 9.05 Å². The van der Waals surface area contributed by atoms with Crippen molar-refractivity contribution in [3.8, 4) is 11.6 Å². The molecule has 13 heteroatoms. The van der Waals surface area contributed by atoms with Gasteiger partial charge in [-0.1, -0.05) is 11.6 Å². The van der Waals surface area contributed by atoms with E-state index in [2.05, 4.69) is 4.98 Å². The highest BCUT2D eigenvalue weighted by Gasteiger charge is 2.36. The summed E-state index contributed by atoms with van der Waals surface area (Å²) in [6, 6.07) is 2.00. The first-order valence-electron chi connectivity index (χ1n) is 6.26. The minimum atomic E-state index is -5.05. The lowest BCUT2D eigenvalue weighted by atomic mass is 10.2. The molecule has 0 spiro atoms. The van der Waals surface area contributed by atoms with E-state index < -0.39 is 54.1 Å². The van der Waals surface area contributed by atoms with Crippen LogP contribution in [0, 0.1) is 0 Å². The third kappa shape index (κ3) is 4.71. The molecular formula is C13H5Cl2F6NO3S. The molecule has 26 heavy (non-hydrogen) atoms. The molecule has 0 radical (unpaired) electrons. The van der Waals surface area contributed by atoms with Crippen molar-refractivity contribution < 1.29 is 39.5 Å². The maximum Gasteiger partial charge on any atom is 0.420 e. The third-order valence-corrected chi connectivity index (χ3v) is 4.50. The fraction of sp³-hybridized carbons (Fsp3) is 0.154. The average Bonchev–Trinajstić information content (AvgIpc) is 2.46. The number of nitrogens with zero attached hydrogens (tertiary/aromatic N) is 1. The molecule has 2 aromatic rings. The summed E-state index contributed by atoms with van der Waals surface area (Å²) < 4.78 is 104. The van der Waals surface area contributed by atoms with E-state index in [-0.39, 0.29) is 6.07 Å². The average molecular weight is 440 g/mol. The number of pyridine rings is 1. The van der Waals surface area contributed by atoms with Crippen LogP contribution < -0.4 is 4.74 Å². The van der Waals surface area contributed by atoms with E-state index in [1.165, 1.54) is 0 Å². The van der Waals surface area contributed by atoms with E-state index >= 15 is 0 Å². The summed E-state index contributed by atoms with van der Waals surface area (Å²) in [5.74, 6) is -1.65. The van der Waals surface area contributed by atoms with Gasteiger partial charge in [-0.05, 0) is 24.3 Å². The summed E-state index contributed by atoms with van der Waals surface area (Å²) in [4.78, 5) is 2.41. The minimum absolute atomic E-state index is 0.218. The van der Waals surface area contributed by atoms with Crippen LogP contribution in [0.25, 0.3) is 0 Å². The van der Waals surface area contributed by atoms with Crippen molar-refractivity contribution in [2.75, 3.05) is 0 Å². The number of ether oxygens (including phenoxy) is 1. The van der Waals surface area contributed by atoms with Crippen LogP contribution in [0.1, 0.15) is 11.1 Å². The molecule has 1 aromatic heterocycles. The number of halogens is 8. The molecule has 1 aromatic carbocycles. The Bertz CT molecular complexity index is 944. The molecule has 0 unspecified atom stereocenters. The molecule has 0 aliphatic rings. The highest BCUT2D eigenvalue weighted by molar-refractivity contribution is 8.13. The van der Waals surface area contributed by atoms with Crippen LogP contribution in [0.5, 0.6) is 11.6 Å². The van der Waals surface area contributed by atoms with Gasteiger partial charge in [0.15, 0.2) is 0 Å². The maximum absolute atomic E-state index is 13.1. The highest BCUT2D eigenvalue weighted by Crippen LogP contribution is 2.41. The van der Waals surface area contributed by atoms with Gasteiger partial charge in [-0.15, -0.1) is 0 Å². The van der Waals surface area contributed by atoms with Crippen LogP contribution in [-0.2, 0) is 21.4 Å². The first kappa shape index (κ1) is 20.6. The molecule has 142 valence electrons. The zero-order valence-corrected chi connectivity index (χ0v) is 14.3. The van der Waals surface area contributed by atoms with Crippen LogP contribution in [0.15, 0.2) is 35.4 Å². The van der Waals surface area contributed by atoms with Crippen molar-refractivity contribution in [2.24, 2.45) is 0 Å². The Morgan fingerprint density at radius 2 is 1.62 bits per heavy atom. The van der Waals surface area contributed by atoms with Crippen LogP contribution in [0.3, 0.4) is 0 Å². The molecule has 4 nitrogen and oxygen atoms in total. The molecular weight excluding hydrogens is 435 g/mol. The summed E-state index contributed by atoms with van der Waals surface area (Å²) in [7, 11) is 0.547. The SMILES string of the molecule is O=S(=O)(Cl)c1ccc(Oc2ncc(C(F)(F)F)cc2Cl)c(C(F)(F)F)c1. The molecule has 0 aliphatic carbocycles. The number of rotatable bonds is 3. The lowest BCUT2D eigenvalue weighted by molar-refractivity contribution is -0.139. The largest absolute Gasteiger partial charge is 0.437 e. The van der Waals surface area contributed by atoms with E-state index in [4.69, 9.17) is 27.0 Å². The zero-order valence-electron chi connectivity index (χ0n) is 12.0. The van der Waals surface area contributed by atoms with E-state index in [0.29, 0.717) is 18.3 Å². The second-order valence-corrected chi connectivity index (χ2v) is 7.68. The first-order valence-corrected chi connectivity index (χ1v) is 8.95. The molecule has 0 bridgehead atoms. The Morgan fingerprint density at radius 3 is 2.08 bits per heavy atom. The predicted octanol–water partition coefficient (Wildman–Crippen LogP) is 5.49. The van der Waals surface area contributed by atoms with Crippen molar-refractivity contribution in [1.29, 1.82) is 0 Å². The number of benzene rings is 1. The van der Waals surface area contributed by atoms with Crippen LogP contribution in [0.2, 0.25) is 5.02 Å².